The van der Waals surface area contributed by atoms with Gasteiger partial charge in [0.15, 0.2) is 5.84 Å². The third kappa shape index (κ3) is 6.44. The number of hydrogen-bond donors (Lipinski definition) is 7. The Morgan fingerprint density at radius 3 is 2.50 bits per heavy atom. The fourth-order valence-corrected chi connectivity index (χ4v) is 5.60. The van der Waals surface area contributed by atoms with Gasteiger partial charge in [-0.3, -0.25) is 4.72 Å². The van der Waals surface area contributed by atoms with Crippen LogP contribution in [0.15, 0.2) is 27.0 Å². The van der Waals surface area contributed by atoms with Gasteiger partial charge in [0, 0.05) is 30.2 Å². The van der Waals surface area contributed by atoms with Crippen LogP contribution in [0.1, 0.15) is 31.2 Å². The molecule has 0 saturated carbocycles. The van der Waals surface area contributed by atoms with E-state index in [2.05, 4.69) is 20.3 Å². The normalized spacial score (nSPS) is 16.1. The van der Waals surface area contributed by atoms with Crippen LogP contribution in [0.25, 0.3) is 0 Å². The standard InChI is InChI=1S/C17H33N9O2S2/c18-7-1-9-23-29-14-3-2-13(26-10-5-12(4-8-19)6-11-26)15(17(20)24-25-21)16(14)30(22,27)28/h2-3,12,23,25H,1,4-11,18-19,21H2,(H2,20,24)(H2,22,27,28). The van der Waals surface area contributed by atoms with Crippen molar-refractivity contribution in [3.05, 3.63) is 17.7 Å². The molecule has 12 N–H and O–H groups in total. The Morgan fingerprint density at radius 1 is 1.23 bits per heavy atom. The van der Waals surface area contributed by atoms with Crippen LogP contribution in [0, 0.1) is 5.92 Å². The Hall–Kier alpha value is -1.61. The number of hydrazine groups is 1. The molecule has 1 aromatic carbocycles. The number of nitrogens with two attached hydrogens (primary N) is 5. The van der Waals surface area contributed by atoms with Gasteiger partial charge in [-0.1, -0.05) is 0 Å². The minimum absolute atomic E-state index is 0.0509. The lowest BCUT2D eigenvalue weighted by Gasteiger charge is -2.35. The first-order valence-electron chi connectivity index (χ1n) is 9.87. The van der Waals surface area contributed by atoms with Crippen LogP contribution in [0.4, 0.5) is 5.69 Å². The second-order valence-electron chi connectivity index (χ2n) is 7.10. The van der Waals surface area contributed by atoms with Gasteiger partial charge in [0.2, 0.25) is 10.0 Å². The molecular weight excluding hydrogens is 426 g/mol. The first kappa shape index (κ1) is 24.7. The zero-order valence-electron chi connectivity index (χ0n) is 17.0. The molecule has 1 heterocycles. The van der Waals surface area contributed by atoms with Crippen molar-refractivity contribution < 1.29 is 8.42 Å². The molecule has 1 aliphatic heterocycles. The van der Waals surface area contributed by atoms with E-state index in [1.54, 1.807) is 6.07 Å². The first-order valence-corrected chi connectivity index (χ1v) is 12.2. The summed E-state index contributed by atoms with van der Waals surface area (Å²) in [7, 11) is -4.11. The third-order valence-corrected chi connectivity index (χ3v) is 7.05. The molecule has 0 radical (unpaired) electrons. The number of anilines is 1. The maximum Gasteiger partial charge on any atom is 0.240 e. The number of sulfonamides is 1. The molecule has 2 rings (SSSR count). The Bertz CT molecular complexity index is 825. The second kappa shape index (κ2) is 11.7. The van der Waals surface area contributed by atoms with Crippen LogP contribution in [0.3, 0.4) is 0 Å². The molecule has 11 nitrogen and oxygen atoms in total. The van der Waals surface area contributed by atoms with Gasteiger partial charge < -0.3 is 22.1 Å². The monoisotopic (exact) mass is 459 g/mol. The van der Waals surface area contributed by atoms with Crippen molar-refractivity contribution in [3.8, 4) is 0 Å². The molecule has 13 heteroatoms. The molecule has 0 bridgehead atoms. The van der Waals surface area contributed by atoms with Crippen molar-refractivity contribution in [2.75, 3.05) is 37.6 Å². The fourth-order valence-electron chi connectivity index (χ4n) is 3.55. The Kier molecular flexibility index (Phi) is 9.61. The summed E-state index contributed by atoms with van der Waals surface area (Å²) in [6.07, 6.45) is 3.66. The predicted octanol–water partition coefficient (Wildman–Crippen LogP) is -1.07. The molecule has 0 unspecified atom stereocenters. The zero-order valence-corrected chi connectivity index (χ0v) is 18.6. The van der Waals surface area contributed by atoms with Gasteiger partial charge in [-0.2, -0.15) is 0 Å². The first-order chi connectivity index (χ1) is 14.3. The molecule has 30 heavy (non-hydrogen) atoms. The highest BCUT2D eigenvalue weighted by Gasteiger charge is 2.29. The number of nitrogens with zero attached hydrogens (tertiary/aromatic N) is 2. The van der Waals surface area contributed by atoms with Crippen molar-refractivity contribution in [1.29, 1.82) is 0 Å². The average Bonchev–Trinajstić information content (AvgIpc) is 2.71. The van der Waals surface area contributed by atoms with E-state index in [-0.39, 0.29) is 16.3 Å². The maximum absolute atomic E-state index is 12.6. The molecule has 0 atom stereocenters. The molecule has 0 aliphatic carbocycles. The average molecular weight is 460 g/mol. The zero-order chi connectivity index (χ0) is 22.1. The highest BCUT2D eigenvalue weighted by Crippen LogP contribution is 2.36. The van der Waals surface area contributed by atoms with Gasteiger partial charge in [-0.15, -0.1) is 5.10 Å². The van der Waals surface area contributed by atoms with E-state index in [9.17, 15) is 8.42 Å². The van der Waals surface area contributed by atoms with Crippen LogP contribution in [-0.2, 0) is 10.0 Å². The third-order valence-electron chi connectivity index (χ3n) is 5.02. The minimum atomic E-state index is -4.11. The minimum Gasteiger partial charge on any atom is -0.382 e. The lowest BCUT2D eigenvalue weighted by atomic mass is 9.93. The summed E-state index contributed by atoms with van der Waals surface area (Å²) in [5.41, 5.74) is 20.4. The van der Waals surface area contributed by atoms with E-state index < -0.39 is 10.0 Å². The highest BCUT2D eigenvalue weighted by atomic mass is 32.2. The van der Waals surface area contributed by atoms with Gasteiger partial charge in [0.25, 0.3) is 0 Å². The smallest absolute Gasteiger partial charge is 0.240 e. The summed E-state index contributed by atoms with van der Waals surface area (Å²) < 4.78 is 28.2. The second-order valence-corrected chi connectivity index (χ2v) is 9.54. The van der Waals surface area contributed by atoms with Crippen molar-refractivity contribution in [2.24, 2.45) is 39.2 Å². The summed E-state index contributed by atoms with van der Waals surface area (Å²) in [6.45, 7) is 3.32. The van der Waals surface area contributed by atoms with Crippen LogP contribution in [0.5, 0.6) is 0 Å². The molecule has 0 amide bonds. The number of amidine groups is 1. The van der Waals surface area contributed by atoms with E-state index in [1.807, 2.05) is 6.07 Å². The largest absolute Gasteiger partial charge is 0.382 e. The molecule has 1 saturated heterocycles. The number of primary sulfonamides is 1. The number of benzene rings is 1. The van der Waals surface area contributed by atoms with E-state index in [4.69, 9.17) is 28.2 Å². The summed E-state index contributed by atoms with van der Waals surface area (Å²) in [6, 6.07) is 3.58. The van der Waals surface area contributed by atoms with Crippen molar-refractivity contribution in [1.82, 2.24) is 10.3 Å². The van der Waals surface area contributed by atoms with E-state index >= 15 is 0 Å². The van der Waals surface area contributed by atoms with Crippen LogP contribution >= 0.6 is 11.9 Å². The fraction of sp³-hybridized carbons (Fsp3) is 0.588. The van der Waals surface area contributed by atoms with Gasteiger partial charge in [0.05, 0.1) is 5.56 Å². The quantitative estimate of drug-likeness (QED) is 0.0532. The number of rotatable bonds is 11. The van der Waals surface area contributed by atoms with Crippen molar-refractivity contribution in [2.45, 2.75) is 35.5 Å². The molecule has 1 aliphatic rings. The molecule has 0 spiro atoms. The lowest BCUT2D eigenvalue weighted by Crippen LogP contribution is -2.37. The van der Waals surface area contributed by atoms with Crippen molar-refractivity contribution in [3.63, 3.8) is 0 Å². The molecular formula is C17H33N9O2S2. The van der Waals surface area contributed by atoms with E-state index in [1.165, 1.54) is 11.9 Å². The summed E-state index contributed by atoms with van der Waals surface area (Å²) in [5.74, 6) is 5.81. The topological polar surface area (TPSA) is 204 Å². The predicted molar refractivity (Wildman–Crippen MR) is 122 cm³/mol. The van der Waals surface area contributed by atoms with Gasteiger partial charge in [-0.05, 0) is 68.8 Å². The van der Waals surface area contributed by atoms with Crippen LogP contribution < -0.4 is 43.3 Å². The highest BCUT2D eigenvalue weighted by molar-refractivity contribution is 7.98. The molecule has 1 fully saturated rings. The maximum atomic E-state index is 12.6. The van der Waals surface area contributed by atoms with E-state index in [0.717, 1.165) is 38.8 Å². The summed E-state index contributed by atoms with van der Waals surface area (Å²) in [5, 5.41) is 9.43. The Balaban J connectivity index is 2.48. The van der Waals surface area contributed by atoms with Gasteiger partial charge >= 0.3 is 0 Å². The van der Waals surface area contributed by atoms with Crippen LogP contribution in [-0.4, -0.2) is 47.0 Å². The number of hydrazone groups is 1. The van der Waals surface area contributed by atoms with Crippen LogP contribution in [0.2, 0.25) is 0 Å². The Morgan fingerprint density at radius 2 is 1.93 bits per heavy atom. The number of hydrogen-bond acceptors (Lipinski definition) is 10. The lowest BCUT2D eigenvalue weighted by molar-refractivity contribution is 0.386. The van der Waals surface area contributed by atoms with Gasteiger partial charge in [0.1, 0.15) is 4.90 Å². The SMILES string of the molecule is NCCCNSc1ccc(N2CCC(CCN)CC2)c(/C(N)=N/NN)c1S(N)(=O)=O. The van der Waals surface area contributed by atoms with E-state index in [0.29, 0.717) is 36.1 Å². The summed E-state index contributed by atoms with van der Waals surface area (Å²) in [4.78, 5) is 2.46. The van der Waals surface area contributed by atoms with Crippen molar-refractivity contribution >= 4 is 33.5 Å². The Labute approximate surface area is 182 Å². The summed E-state index contributed by atoms with van der Waals surface area (Å²) >= 11 is 1.17. The molecule has 0 aromatic heterocycles. The number of nitrogens with one attached hydrogen (secondary N) is 2. The molecule has 1 aromatic rings. The van der Waals surface area contributed by atoms with Gasteiger partial charge in [-0.25, -0.2) is 24.9 Å². The number of piperidine rings is 1. The molecule has 170 valence electrons.